The fraction of sp³-hybridized carbons (Fsp3) is 0.121. The second kappa shape index (κ2) is 10.8. The Morgan fingerprint density at radius 3 is 2.32 bits per heavy atom. The molecule has 0 radical (unpaired) electrons. The van der Waals surface area contributed by atoms with Crippen molar-refractivity contribution in [2.24, 2.45) is 0 Å². The lowest BCUT2D eigenvalue weighted by atomic mass is 9.96. The number of methoxy groups -OCH3 is 1. The van der Waals surface area contributed by atoms with E-state index in [4.69, 9.17) is 9.15 Å². The van der Waals surface area contributed by atoms with Gasteiger partial charge < -0.3 is 19.5 Å². The zero-order chi connectivity index (χ0) is 31.3. The quantitative estimate of drug-likeness (QED) is 0.202. The lowest BCUT2D eigenvalue weighted by Gasteiger charge is -2.21. The van der Waals surface area contributed by atoms with Crippen LogP contribution in [0, 0.1) is 11.6 Å². The number of anilines is 1. The predicted molar refractivity (Wildman–Crippen MR) is 167 cm³/mol. The lowest BCUT2D eigenvalue weighted by Crippen LogP contribution is -2.25. The zero-order valence-corrected chi connectivity index (χ0v) is 25.0. The highest BCUT2D eigenvalue weighted by atomic mass is 32.2. The minimum absolute atomic E-state index is 0.205. The van der Waals surface area contributed by atoms with Crippen LogP contribution in [0.3, 0.4) is 0 Å². The molecule has 8 nitrogen and oxygen atoms in total. The van der Waals surface area contributed by atoms with Crippen molar-refractivity contribution in [1.29, 1.82) is 0 Å². The summed E-state index contributed by atoms with van der Waals surface area (Å²) in [6, 6.07) is 20.6. The number of hydrogen-bond acceptors (Lipinski definition) is 5. The van der Waals surface area contributed by atoms with Crippen LogP contribution in [0.1, 0.15) is 10.4 Å². The van der Waals surface area contributed by atoms with Gasteiger partial charge in [0.15, 0.2) is 0 Å². The van der Waals surface area contributed by atoms with Crippen molar-refractivity contribution < 1.29 is 31.1 Å². The largest absolute Gasteiger partial charge is 0.497 e. The van der Waals surface area contributed by atoms with Gasteiger partial charge in [-0.2, -0.15) is 0 Å². The standard InChI is InChI=1S/C33H27F2N3O5S/c1-36-33(39)31-25-15-23(19-12-20(14-22(13-19)42-3)28-16-24-26(35)6-5-7-27(24)37-28)29(38(2)44(4,40)41)17-30(25)43-32(31)18-8-10-21(34)11-9-18/h5-17,37H,1-4H3,(H,36,39). The summed E-state index contributed by atoms with van der Waals surface area (Å²) < 4.78 is 66.7. The van der Waals surface area contributed by atoms with E-state index in [1.165, 1.54) is 51.5 Å². The molecular formula is C33H27F2N3O5S. The van der Waals surface area contributed by atoms with Crippen LogP contribution in [-0.4, -0.2) is 46.8 Å². The number of hydrogen-bond donors (Lipinski definition) is 2. The molecule has 0 spiro atoms. The molecule has 11 heteroatoms. The molecule has 44 heavy (non-hydrogen) atoms. The van der Waals surface area contributed by atoms with Crippen molar-refractivity contribution in [2.45, 2.75) is 0 Å². The number of sulfonamides is 1. The predicted octanol–water partition coefficient (Wildman–Crippen LogP) is 6.96. The van der Waals surface area contributed by atoms with Gasteiger partial charge in [-0.25, -0.2) is 17.2 Å². The second-order valence-electron chi connectivity index (χ2n) is 10.3. The number of H-pyrrole nitrogens is 1. The molecule has 2 heterocycles. The van der Waals surface area contributed by atoms with Gasteiger partial charge in [-0.1, -0.05) is 6.07 Å². The number of nitrogens with one attached hydrogen (secondary N) is 2. The fourth-order valence-electron chi connectivity index (χ4n) is 5.26. The second-order valence-corrected chi connectivity index (χ2v) is 12.3. The Bertz CT molecular complexity index is 2190. The smallest absolute Gasteiger partial charge is 0.255 e. The maximum Gasteiger partial charge on any atom is 0.255 e. The van der Waals surface area contributed by atoms with Gasteiger partial charge >= 0.3 is 0 Å². The summed E-state index contributed by atoms with van der Waals surface area (Å²) in [5.74, 6) is -0.581. The topological polar surface area (TPSA) is 105 Å². The highest BCUT2D eigenvalue weighted by Crippen LogP contribution is 2.43. The molecule has 6 aromatic rings. The molecule has 2 aromatic heterocycles. The molecule has 0 unspecified atom stereocenters. The van der Waals surface area contributed by atoms with Gasteiger partial charge in [-0.05, 0) is 72.3 Å². The van der Waals surface area contributed by atoms with Crippen LogP contribution in [0.15, 0.2) is 83.3 Å². The fourth-order valence-corrected chi connectivity index (χ4v) is 5.77. The lowest BCUT2D eigenvalue weighted by molar-refractivity contribution is 0.0964. The van der Waals surface area contributed by atoms with Crippen LogP contribution in [0.2, 0.25) is 0 Å². The Balaban J connectivity index is 1.65. The molecule has 0 saturated heterocycles. The molecule has 0 bridgehead atoms. The van der Waals surface area contributed by atoms with Crippen molar-refractivity contribution >= 4 is 43.5 Å². The van der Waals surface area contributed by atoms with Crippen LogP contribution in [0.5, 0.6) is 5.75 Å². The van der Waals surface area contributed by atoms with E-state index in [2.05, 4.69) is 10.3 Å². The first kappa shape index (κ1) is 28.9. The summed E-state index contributed by atoms with van der Waals surface area (Å²) >= 11 is 0. The van der Waals surface area contributed by atoms with Gasteiger partial charge in [0, 0.05) is 58.8 Å². The van der Waals surface area contributed by atoms with Gasteiger partial charge in [-0.15, -0.1) is 0 Å². The highest BCUT2D eigenvalue weighted by molar-refractivity contribution is 7.92. The third kappa shape index (κ3) is 5.05. The number of halogens is 2. The third-order valence-corrected chi connectivity index (χ3v) is 8.77. The van der Waals surface area contributed by atoms with E-state index >= 15 is 0 Å². The van der Waals surface area contributed by atoms with E-state index < -0.39 is 21.7 Å². The van der Waals surface area contributed by atoms with Crippen molar-refractivity contribution in [2.75, 3.05) is 31.8 Å². The number of aromatic nitrogens is 1. The number of benzene rings is 4. The molecule has 0 atom stereocenters. The number of aromatic amines is 1. The Labute approximate surface area is 251 Å². The van der Waals surface area contributed by atoms with E-state index in [9.17, 15) is 22.0 Å². The minimum atomic E-state index is -3.74. The number of rotatable bonds is 7. The molecule has 6 rings (SSSR count). The van der Waals surface area contributed by atoms with Crippen LogP contribution in [0.4, 0.5) is 14.5 Å². The SMILES string of the molecule is CNC(=O)c1c(-c2ccc(F)cc2)oc2cc(N(C)S(C)(=O)=O)c(-c3cc(OC)cc(-c4cc5c(F)cccc5[nH]4)c3)cc12. The zero-order valence-electron chi connectivity index (χ0n) is 24.2. The van der Waals surface area contributed by atoms with Crippen LogP contribution >= 0.6 is 0 Å². The number of fused-ring (bicyclic) bond motifs is 2. The normalized spacial score (nSPS) is 11.7. The maximum atomic E-state index is 14.5. The van der Waals surface area contributed by atoms with Gasteiger partial charge in [0.05, 0.1) is 24.6 Å². The highest BCUT2D eigenvalue weighted by Gasteiger charge is 2.26. The molecule has 4 aromatic carbocycles. The maximum absolute atomic E-state index is 14.5. The number of carbonyl (C=O) groups excluding carboxylic acids is 1. The summed E-state index contributed by atoms with van der Waals surface area (Å²) in [6.07, 6.45) is 1.08. The molecule has 0 aliphatic carbocycles. The summed E-state index contributed by atoms with van der Waals surface area (Å²) in [5.41, 5.74) is 4.14. The van der Waals surface area contributed by atoms with Crippen molar-refractivity contribution in [1.82, 2.24) is 10.3 Å². The van der Waals surface area contributed by atoms with Gasteiger partial charge in [-0.3, -0.25) is 9.10 Å². The van der Waals surface area contributed by atoms with Crippen LogP contribution < -0.4 is 14.4 Å². The third-order valence-electron chi connectivity index (χ3n) is 7.58. The van der Waals surface area contributed by atoms with E-state index in [0.29, 0.717) is 50.0 Å². The average molecular weight is 616 g/mol. The Morgan fingerprint density at radius 1 is 0.932 bits per heavy atom. The summed E-state index contributed by atoms with van der Waals surface area (Å²) in [5, 5.41) is 3.48. The first-order valence-electron chi connectivity index (χ1n) is 13.5. The molecule has 0 fully saturated rings. The molecule has 0 saturated carbocycles. The van der Waals surface area contributed by atoms with Gasteiger partial charge in [0.2, 0.25) is 10.0 Å². The minimum Gasteiger partial charge on any atom is -0.497 e. The summed E-state index contributed by atoms with van der Waals surface area (Å²) in [6.45, 7) is 0. The average Bonchev–Trinajstić information content (AvgIpc) is 3.62. The molecule has 1 amide bonds. The van der Waals surface area contributed by atoms with Crippen molar-refractivity contribution in [3.63, 3.8) is 0 Å². The van der Waals surface area contributed by atoms with Crippen LogP contribution in [0.25, 0.3) is 55.6 Å². The van der Waals surface area contributed by atoms with E-state index in [-0.39, 0.29) is 28.4 Å². The first-order chi connectivity index (χ1) is 21.0. The number of amides is 1. The van der Waals surface area contributed by atoms with E-state index in [0.717, 1.165) is 10.6 Å². The monoisotopic (exact) mass is 615 g/mol. The van der Waals surface area contributed by atoms with E-state index in [1.54, 1.807) is 42.5 Å². The summed E-state index contributed by atoms with van der Waals surface area (Å²) in [7, 11) is 0.672. The molecule has 0 aliphatic heterocycles. The number of furan rings is 1. The Morgan fingerprint density at radius 2 is 1.66 bits per heavy atom. The van der Waals surface area contributed by atoms with Crippen LogP contribution in [-0.2, 0) is 10.0 Å². The Kier molecular flexibility index (Phi) is 7.13. The summed E-state index contributed by atoms with van der Waals surface area (Å²) in [4.78, 5) is 16.5. The number of ether oxygens (including phenoxy) is 1. The van der Waals surface area contributed by atoms with Crippen molar-refractivity contribution in [3.05, 3.63) is 96.1 Å². The molecule has 2 N–H and O–H groups in total. The molecule has 224 valence electrons. The first-order valence-corrected chi connectivity index (χ1v) is 15.3. The van der Waals surface area contributed by atoms with E-state index in [1.807, 2.05) is 6.07 Å². The van der Waals surface area contributed by atoms with Crippen molar-refractivity contribution in [3.8, 4) is 39.5 Å². The van der Waals surface area contributed by atoms with Gasteiger partial charge in [0.25, 0.3) is 5.91 Å². The molecule has 0 aliphatic rings. The number of nitrogens with zero attached hydrogens (tertiary/aromatic N) is 1. The number of carbonyl (C=O) groups is 1. The Hall–Kier alpha value is -5.16. The van der Waals surface area contributed by atoms with Gasteiger partial charge in [0.1, 0.15) is 28.7 Å². The molecular weight excluding hydrogens is 588 g/mol.